The second-order valence-corrected chi connectivity index (χ2v) is 8.97. The molecule has 0 saturated heterocycles. The minimum absolute atomic E-state index is 0.0251. The van der Waals surface area contributed by atoms with Gasteiger partial charge in [0.25, 0.3) is 6.20 Å². The molecule has 4 rings (SSSR count). The zero-order valence-corrected chi connectivity index (χ0v) is 20.0. The van der Waals surface area contributed by atoms with Crippen LogP contribution in [0.25, 0.3) is 0 Å². The molecule has 1 aliphatic carbocycles. The van der Waals surface area contributed by atoms with Crippen LogP contribution in [0.15, 0.2) is 58.2 Å². The zero-order chi connectivity index (χ0) is 26.6. The van der Waals surface area contributed by atoms with Gasteiger partial charge >= 0.3 is 18.1 Å². The summed E-state index contributed by atoms with van der Waals surface area (Å²) in [5.41, 5.74) is 0.0613. The number of hydrogen-bond acceptors (Lipinski definition) is 6. The predicted molar refractivity (Wildman–Crippen MR) is 126 cm³/mol. The average molecular weight is 518 g/mol. The van der Waals surface area contributed by atoms with E-state index in [1.807, 2.05) is 19.1 Å². The van der Waals surface area contributed by atoms with E-state index in [2.05, 4.69) is 20.9 Å². The van der Waals surface area contributed by atoms with Crippen LogP contribution in [-0.4, -0.2) is 28.4 Å². The molecule has 1 aliphatic rings. The molecule has 2 amide bonds. The van der Waals surface area contributed by atoms with Gasteiger partial charge in [-0.05, 0) is 59.7 Å². The number of hydrogen-bond donors (Lipinski definition) is 3. The Morgan fingerprint density at radius 1 is 1.24 bits per heavy atom. The SMILES string of the molecule is Cc1ccccc1CC([O-])=Nc1cc(NC(=O)Nc2c[n+]([C@@H]3CCC[C@H](O)C3)no2)cc(C(F)(F)F)c1. The third-order valence-corrected chi connectivity index (χ3v) is 6.07. The minimum Gasteiger partial charge on any atom is -0.861 e. The lowest BCUT2D eigenvalue weighted by molar-refractivity contribution is -0.788. The first-order chi connectivity index (χ1) is 17.6. The van der Waals surface area contributed by atoms with Crippen LogP contribution in [0.4, 0.5) is 35.2 Å². The Morgan fingerprint density at radius 3 is 2.76 bits per heavy atom. The number of amides is 2. The molecule has 196 valence electrons. The van der Waals surface area contributed by atoms with Gasteiger partial charge in [-0.2, -0.15) is 13.2 Å². The number of carbonyl (C=O) groups is 1. The predicted octanol–water partition coefficient (Wildman–Crippen LogP) is 4.04. The molecule has 0 unspecified atom stereocenters. The van der Waals surface area contributed by atoms with E-state index in [0.29, 0.717) is 18.4 Å². The summed E-state index contributed by atoms with van der Waals surface area (Å²) in [7, 11) is 0. The summed E-state index contributed by atoms with van der Waals surface area (Å²) in [6, 6.07) is 8.85. The summed E-state index contributed by atoms with van der Waals surface area (Å²) < 4.78 is 47.0. The summed E-state index contributed by atoms with van der Waals surface area (Å²) in [4.78, 5) is 16.3. The molecule has 9 nitrogen and oxygen atoms in total. The number of benzene rings is 2. The molecule has 37 heavy (non-hydrogen) atoms. The number of aliphatic hydroxyl groups excluding tert-OH is 1. The zero-order valence-electron chi connectivity index (χ0n) is 20.0. The van der Waals surface area contributed by atoms with Gasteiger partial charge in [-0.3, -0.25) is 14.8 Å². The molecule has 0 bridgehead atoms. The van der Waals surface area contributed by atoms with Crippen LogP contribution in [0.2, 0.25) is 0 Å². The van der Waals surface area contributed by atoms with Crippen LogP contribution in [0.3, 0.4) is 0 Å². The second-order valence-electron chi connectivity index (χ2n) is 8.97. The van der Waals surface area contributed by atoms with Gasteiger partial charge in [-0.1, -0.05) is 24.3 Å². The summed E-state index contributed by atoms with van der Waals surface area (Å²) >= 11 is 0. The molecule has 1 aromatic heterocycles. The van der Waals surface area contributed by atoms with Crippen molar-refractivity contribution >= 4 is 29.2 Å². The fraction of sp³-hybridized carbons (Fsp3) is 0.360. The van der Waals surface area contributed by atoms with Crippen molar-refractivity contribution in [2.45, 2.75) is 57.3 Å². The fourth-order valence-corrected chi connectivity index (χ4v) is 4.21. The number of rotatable bonds is 6. The molecular formula is C25H26F3N5O4. The van der Waals surface area contributed by atoms with Crippen molar-refractivity contribution in [3.63, 3.8) is 0 Å². The molecule has 12 heteroatoms. The van der Waals surface area contributed by atoms with E-state index in [1.165, 1.54) is 16.9 Å². The topological polar surface area (TPSA) is 127 Å². The Kier molecular flexibility index (Phi) is 7.77. The van der Waals surface area contributed by atoms with E-state index in [1.54, 1.807) is 12.1 Å². The van der Waals surface area contributed by atoms with E-state index < -0.39 is 29.8 Å². The number of aliphatic hydroxyl groups is 1. The number of aromatic nitrogens is 2. The maximum absolute atomic E-state index is 13.5. The summed E-state index contributed by atoms with van der Waals surface area (Å²) in [5, 5.41) is 30.8. The summed E-state index contributed by atoms with van der Waals surface area (Å²) in [5.74, 6) is -0.647. The molecule has 1 saturated carbocycles. The van der Waals surface area contributed by atoms with Crippen LogP contribution in [0, 0.1) is 6.92 Å². The lowest BCUT2D eigenvalue weighted by Crippen LogP contribution is -2.44. The van der Waals surface area contributed by atoms with E-state index in [0.717, 1.165) is 30.5 Å². The van der Waals surface area contributed by atoms with Crippen molar-refractivity contribution in [2.75, 3.05) is 10.6 Å². The quantitative estimate of drug-likeness (QED) is 0.258. The molecule has 2 atom stereocenters. The minimum atomic E-state index is -4.72. The largest absolute Gasteiger partial charge is 0.861 e. The molecular weight excluding hydrogens is 491 g/mol. The highest BCUT2D eigenvalue weighted by Gasteiger charge is 2.32. The molecule has 0 spiro atoms. The maximum atomic E-state index is 13.5. The highest BCUT2D eigenvalue weighted by atomic mass is 19.4. The van der Waals surface area contributed by atoms with Crippen molar-refractivity contribution in [3.8, 4) is 0 Å². The second kappa shape index (κ2) is 11.0. The van der Waals surface area contributed by atoms with Crippen LogP contribution in [0.5, 0.6) is 0 Å². The first-order valence-corrected chi connectivity index (χ1v) is 11.7. The van der Waals surface area contributed by atoms with E-state index >= 15 is 0 Å². The summed E-state index contributed by atoms with van der Waals surface area (Å²) in [6.45, 7) is 1.82. The fourth-order valence-electron chi connectivity index (χ4n) is 4.21. The normalized spacial score (nSPS) is 18.5. The number of alkyl halides is 3. The third-order valence-electron chi connectivity index (χ3n) is 6.07. The molecule has 2 aromatic carbocycles. The Labute approximate surface area is 210 Å². The number of carbonyl (C=O) groups excluding carboxylic acids is 1. The number of urea groups is 1. The van der Waals surface area contributed by atoms with Crippen LogP contribution >= 0.6 is 0 Å². The van der Waals surface area contributed by atoms with Crippen molar-refractivity contribution in [3.05, 3.63) is 65.4 Å². The lowest BCUT2D eigenvalue weighted by Gasteiger charge is -2.18. The van der Waals surface area contributed by atoms with Gasteiger partial charge in [0.15, 0.2) is 6.04 Å². The lowest BCUT2D eigenvalue weighted by atomic mass is 9.93. The number of aliphatic imine (C=N–C) groups is 1. The molecule has 1 fully saturated rings. The molecule has 1 heterocycles. The van der Waals surface area contributed by atoms with Crippen LogP contribution in [-0.2, 0) is 12.6 Å². The Hall–Kier alpha value is -3.93. The van der Waals surface area contributed by atoms with Gasteiger partial charge in [0.1, 0.15) is 0 Å². The van der Waals surface area contributed by atoms with E-state index in [9.17, 15) is 28.2 Å². The van der Waals surface area contributed by atoms with Crippen molar-refractivity contribution in [2.24, 2.45) is 4.99 Å². The van der Waals surface area contributed by atoms with Gasteiger partial charge in [-0.15, -0.1) is 0 Å². The molecule has 0 radical (unpaired) electrons. The van der Waals surface area contributed by atoms with Crippen LogP contribution in [0.1, 0.15) is 48.4 Å². The van der Waals surface area contributed by atoms with Gasteiger partial charge in [-0.25, -0.2) is 4.79 Å². The monoisotopic (exact) mass is 517 g/mol. The number of nitrogens with zero attached hydrogens (tertiary/aromatic N) is 3. The standard InChI is InChI=1S/C25H26F3N5O4/c1-15-5-2-3-6-16(15)9-22(35)29-18-10-17(25(26,27)28)11-19(12-18)30-24(36)31-23-14-33(32-37-23)20-7-4-8-21(34)13-20/h2-3,5-6,10-12,14,20-21,34H,4,7-9,13H2,1H3,(H2-,29,30,31,32,35,36)/t20-,21+/m1/s1. The Bertz CT molecular complexity index is 1290. The smallest absolute Gasteiger partial charge is 0.416 e. The number of halogens is 3. The third kappa shape index (κ3) is 7.06. The first-order valence-electron chi connectivity index (χ1n) is 11.7. The number of anilines is 2. The van der Waals surface area contributed by atoms with E-state index in [-0.39, 0.29) is 29.7 Å². The van der Waals surface area contributed by atoms with Crippen molar-refractivity contribution < 1.29 is 37.4 Å². The van der Waals surface area contributed by atoms with Crippen LogP contribution < -0.4 is 20.4 Å². The Morgan fingerprint density at radius 2 is 2.03 bits per heavy atom. The van der Waals surface area contributed by atoms with E-state index in [4.69, 9.17) is 4.52 Å². The maximum Gasteiger partial charge on any atom is 0.416 e. The number of nitrogens with one attached hydrogen (secondary N) is 2. The highest BCUT2D eigenvalue weighted by Crippen LogP contribution is 2.34. The molecule has 0 aliphatic heterocycles. The van der Waals surface area contributed by atoms with Gasteiger partial charge in [0.05, 0.1) is 17.4 Å². The van der Waals surface area contributed by atoms with Crippen molar-refractivity contribution in [1.29, 1.82) is 0 Å². The first kappa shape index (κ1) is 26.1. The van der Waals surface area contributed by atoms with Gasteiger partial charge in [0.2, 0.25) is 5.27 Å². The highest BCUT2D eigenvalue weighted by molar-refractivity contribution is 5.99. The van der Waals surface area contributed by atoms with Gasteiger partial charge in [0, 0.05) is 24.9 Å². The molecule has 3 N–H and O–H groups in total. The average Bonchev–Trinajstić information content (AvgIpc) is 3.28. The summed E-state index contributed by atoms with van der Waals surface area (Å²) in [6.07, 6.45) is -0.961. The van der Waals surface area contributed by atoms with Gasteiger partial charge < -0.3 is 15.5 Å². The van der Waals surface area contributed by atoms with Crippen molar-refractivity contribution in [1.82, 2.24) is 5.27 Å². The molecule has 3 aromatic rings. The number of aryl methyl sites for hydroxylation is 1. The Balaban J connectivity index is 1.48.